The summed E-state index contributed by atoms with van der Waals surface area (Å²) in [5, 5.41) is 0. The van der Waals surface area contributed by atoms with Crippen LogP contribution in [-0.2, 0) is 29.3 Å². The van der Waals surface area contributed by atoms with Crippen molar-refractivity contribution < 1.29 is 38.7 Å². The molecule has 0 saturated heterocycles. The van der Waals surface area contributed by atoms with Crippen LogP contribution in [0.15, 0.2) is 60.7 Å². The average Bonchev–Trinajstić information content (AvgIpc) is 2.63. The molecule has 0 aliphatic carbocycles. The molecule has 2 amide bonds. The SMILES string of the molecule is CCC(=O)[N]([Ti+2][N](C(=O)CC)c1ccccc1)c1ccccc1.[F-].[F-]. The van der Waals surface area contributed by atoms with Gasteiger partial charge in [0, 0.05) is 0 Å². The van der Waals surface area contributed by atoms with Crippen LogP contribution in [0.5, 0.6) is 0 Å². The number of benzene rings is 2. The first-order chi connectivity index (χ1) is 11.2. The summed E-state index contributed by atoms with van der Waals surface area (Å²) in [6, 6.07) is 19.1. The number of rotatable bonds is 6. The first kappa shape index (κ1) is 23.0. The number of hydrogen-bond acceptors (Lipinski definition) is 2. The number of carbonyl (C=O) groups excluding carboxylic acids is 2. The number of halogens is 2. The number of nitrogens with zero attached hydrogens (tertiary/aromatic N) is 2. The topological polar surface area (TPSA) is 40.6 Å². The van der Waals surface area contributed by atoms with Gasteiger partial charge in [0.25, 0.3) is 0 Å². The van der Waals surface area contributed by atoms with Crippen molar-refractivity contribution in [3.05, 3.63) is 60.7 Å². The minimum Gasteiger partial charge on any atom is -1.00 e. The van der Waals surface area contributed by atoms with Gasteiger partial charge in [-0.25, -0.2) is 0 Å². The van der Waals surface area contributed by atoms with E-state index in [0.717, 1.165) is 11.4 Å². The molecule has 2 aromatic rings. The Morgan fingerprint density at radius 2 is 1.04 bits per heavy atom. The molecule has 7 heteroatoms. The Balaban J connectivity index is 0.00000288. The van der Waals surface area contributed by atoms with Crippen molar-refractivity contribution in [1.29, 1.82) is 0 Å². The van der Waals surface area contributed by atoms with Gasteiger partial charge in [0.1, 0.15) is 0 Å². The van der Waals surface area contributed by atoms with Gasteiger partial charge in [-0.05, 0) is 0 Å². The summed E-state index contributed by atoms with van der Waals surface area (Å²) in [6.45, 7) is 3.69. The van der Waals surface area contributed by atoms with Crippen molar-refractivity contribution in [2.24, 2.45) is 0 Å². The molecule has 0 aliphatic rings. The Kier molecular flexibility index (Phi) is 10.6. The Morgan fingerprint density at radius 3 is 1.32 bits per heavy atom. The molecule has 0 unspecified atom stereocenters. The van der Waals surface area contributed by atoms with Crippen molar-refractivity contribution in [3.8, 4) is 0 Å². The molecule has 0 heterocycles. The van der Waals surface area contributed by atoms with Gasteiger partial charge in [-0.3, -0.25) is 0 Å². The molecule has 0 radical (unpaired) electrons. The van der Waals surface area contributed by atoms with Gasteiger partial charge in [-0.2, -0.15) is 0 Å². The third-order valence-corrected chi connectivity index (χ3v) is 5.54. The fourth-order valence-electron chi connectivity index (χ4n) is 2.09. The van der Waals surface area contributed by atoms with E-state index in [0.29, 0.717) is 12.8 Å². The van der Waals surface area contributed by atoms with Crippen molar-refractivity contribution >= 4 is 23.2 Å². The summed E-state index contributed by atoms with van der Waals surface area (Å²) in [4.78, 5) is 24.8. The van der Waals surface area contributed by atoms with Crippen LogP contribution in [-0.4, -0.2) is 11.8 Å². The molecule has 2 rings (SSSR count). The number of carbonyl (C=O) groups is 2. The fourth-order valence-corrected chi connectivity index (χ4v) is 4.07. The maximum Gasteiger partial charge on any atom is -1.00 e. The molecule has 0 bridgehead atoms. The van der Waals surface area contributed by atoms with Crippen LogP contribution in [0.1, 0.15) is 26.7 Å². The van der Waals surface area contributed by atoms with Crippen LogP contribution in [0, 0.1) is 0 Å². The van der Waals surface area contributed by atoms with E-state index in [1.807, 2.05) is 74.5 Å². The van der Waals surface area contributed by atoms with Crippen LogP contribution >= 0.6 is 0 Å². The van der Waals surface area contributed by atoms with E-state index < -0.39 is 19.7 Å². The monoisotopic (exact) mass is 382 g/mol. The minimum absolute atomic E-state index is 0. The molecule has 0 spiro atoms. The second kappa shape index (κ2) is 11.5. The molecule has 0 fully saturated rings. The van der Waals surface area contributed by atoms with Gasteiger partial charge < -0.3 is 9.41 Å². The van der Waals surface area contributed by atoms with Crippen LogP contribution in [0.4, 0.5) is 11.4 Å². The molecule has 0 atom stereocenters. The molecule has 0 N–H and O–H groups in total. The van der Waals surface area contributed by atoms with Gasteiger partial charge in [0.15, 0.2) is 0 Å². The molecule has 0 saturated carbocycles. The van der Waals surface area contributed by atoms with E-state index in [9.17, 15) is 9.59 Å². The van der Waals surface area contributed by atoms with E-state index in [1.54, 1.807) is 6.76 Å². The second-order valence-electron chi connectivity index (χ2n) is 4.94. The van der Waals surface area contributed by atoms with Crippen molar-refractivity contribution in [1.82, 2.24) is 0 Å². The fraction of sp³-hybridized carbons (Fsp3) is 0.222. The summed E-state index contributed by atoms with van der Waals surface area (Å²) in [5.74, 6) is 0.0852. The minimum atomic E-state index is -1.15. The summed E-state index contributed by atoms with van der Waals surface area (Å²) in [5.41, 5.74) is 1.70. The maximum atomic E-state index is 12.4. The Labute approximate surface area is 156 Å². The normalized spacial score (nSPS) is 9.04. The average molecular weight is 382 g/mol. The Bertz CT molecular complexity index is 599. The largest absolute Gasteiger partial charge is 1.00 e. The van der Waals surface area contributed by atoms with Crippen molar-refractivity contribution in [3.63, 3.8) is 0 Å². The Hall–Kier alpha value is -2.05. The van der Waals surface area contributed by atoms with Gasteiger partial charge in [-0.15, -0.1) is 0 Å². The maximum absolute atomic E-state index is 12.4. The van der Waals surface area contributed by atoms with E-state index in [2.05, 4.69) is 0 Å². The Morgan fingerprint density at radius 1 is 0.720 bits per heavy atom. The summed E-state index contributed by atoms with van der Waals surface area (Å²) < 4.78 is 3.56. The van der Waals surface area contributed by atoms with E-state index >= 15 is 0 Å². The number of anilines is 2. The molecule has 0 aromatic heterocycles. The van der Waals surface area contributed by atoms with E-state index in [1.165, 1.54) is 0 Å². The zero-order chi connectivity index (χ0) is 16.7. The molecule has 132 valence electrons. The standard InChI is InChI=1S/2C9H11NO.2FH.Ti/c2*1-2-9(11)10-8-6-4-3-5-7-8;;;/h2*3-7H,2H2,1H3,(H,10,11);2*1H;/q;;;;+4/p-4. The number of amides is 2. The van der Waals surface area contributed by atoms with Gasteiger partial charge in [0.05, 0.1) is 0 Å². The first-order valence-electron chi connectivity index (χ1n) is 7.69. The third-order valence-electron chi connectivity index (χ3n) is 3.33. The molecular weight excluding hydrogens is 362 g/mol. The molecule has 25 heavy (non-hydrogen) atoms. The predicted octanol–water partition coefficient (Wildman–Crippen LogP) is -2.21. The molecule has 0 aliphatic heterocycles. The first-order valence-corrected chi connectivity index (χ1v) is 9.09. The zero-order valence-electron chi connectivity index (χ0n) is 14.2. The smallest absolute Gasteiger partial charge is 1.00 e. The molecule has 2 aromatic carbocycles. The summed E-state index contributed by atoms with van der Waals surface area (Å²) in [6.07, 6.45) is 0.836. The van der Waals surface area contributed by atoms with E-state index in [4.69, 9.17) is 0 Å². The third kappa shape index (κ3) is 6.07. The molecular formula is C18H20F2N2O2Ti. The second-order valence-corrected chi connectivity index (χ2v) is 6.65. The number of para-hydroxylation sites is 2. The predicted molar refractivity (Wildman–Crippen MR) is 88.4 cm³/mol. The van der Waals surface area contributed by atoms with Gasteiger partial charge in [-0.1, -0.05) is 0 Å². The van der Waals surface area contributed by atoms with Crippen LogP contribution in [0.3, 0.4) is 0 Å². The summed E-state index contributed by atoms with van der Waals surface area (Å²) >= 11 is -1.15. The van der Waals surface area contributed by atoms with Gasteiger partial charge >= 0.3 is 147 Å². The van der Waals surface area contributed by atoms with Gasteiger partial charge in [0.2, 0.25) is 0 Å². The van der Waals surface area contributed by atoms with Crippen LogP contribution in [0.2, 0.25) is 0 Å². The quantitative estimate of drug-likeness (QED) is 0.532. The summed E-state index contributed by atoms with van der Waals surface area (Å²) in [7, 11) is 0. The van der Waals surface area contributed by atoms with Crippen molar-refractivity contribution in [2.75, 3.05) is 6.76 Å². The molecule has 4 nitrogen and oxygen atoms in total. The van der Waals surface area contributed by atoms with Crippen LogP contribution < -0.4 is 16.2 Å². The number of hydrogen-bond donors (Lipinski definition) is 0. The zero-order valence-corrected chi connectivity index (χ0v) is 15.7. The van der Waals surface area contributed by atoms with Crippen molar-refractivity contribution in [2.45, 2.75) is 26.7 Å². The van der Waals surface area contributed by atoms with E-state index in [-0.39, 0.29) is 21.2 Å². The van der Waals surface area contributed by atoms with Crippen LogP contribution in [0.25, 0.3) is 0 Å².